The Morgan fingerprint density at radius 1 is 1.30 bits per heavy atom. The van der Waals surface area contributed by atoms with Crippen LogP contribution in [0.3, 0.4) is 0 Å². The molecule has 0 saturated carbocycles. The van der Waals surface area contributed by atoms with E-state index < -0.39 is 16.8 Å². The lowest BCUT2D eigenvalue weighted by Crippen LogP contribution is -2.34. The molecule has 0 bridgehead atoms. The predicted molar refractivity (Wildman–Crippen MR) is 110 cm³/mol. The van der Waals surface area contributed by atoms with E-state index in [1.165, 1.54) is 6.07 Å². The summed E-state index contributed by atoms with van der Waals surface area (Å²) in [6, 6.07) is 11.3. The molecule has 0 amide bonds. The largest absolute Gasteiger partial charge is 0.484 e. The first-order valence-corrected chi connectivity index (χ1v) is 9.82. The monoisotopic (exact) mass is 449 g/mol. The first-order chi connectivity index (χ1) is 14.5. The van der Waals surface area contributed by atoms with Crippen molar-refractivity contribution < 1.29 is 19.1 Å². The van der Waals surface area contributed by atoms with Crippen LogP contribution in [0.25, 0.3) is 0 Å². The van der Waals surface area contributed by atoms with Crippen molar-refractivity contribution in [2.24, 2.45) is 0 Å². The van der Waals surface area contributed by atoms with Crippen molar-refractivity contribution in [1.82, 2.24) is 9.55 Å². The van der Waals surface area contributed by atoms with E-state index in [2.05, 4.69) is 4.98 Å². The zero-order valence-electron chi connectivity index (χ0n) is 15.6. The Hall–Kier alpha value is -2.65. The third-order valence-corrected chi connectivity index (χ3v) is 5.19. The van der Waals surface area contributed by atoms with Crippen LogP contribution in [-0.2, 0) is 21.8 Å². The number of imidazole rings is 1. The number of halogens is 2. The normalized spacial score (nSPS) is 20.9. The van der Waals surface area contributed by atoms with Crippen LogP contribution < -0.4 is 4.74 Å². The minimum absolute atomic E-state index is 0.0712. The third kappa shape index (κ3) is 4.27. The summed E-state index contributed by atoms with van der Waals surface area (Å²) in [5.74, 6) is -1.01. The fourth-order valence-electron chi connectivity index (χ4n) is 3.29. The van der Waals surface area contributed by atoms with Gasteiger partial charge in [-0.15, -0.1) is 0 Å². The van der Waals surface area contributed by atoms with Crippen LogP contribution in [0.15, 0.2) is 61.2 Å². The molecule has 0 radical (unpaired) electrons. The zero-order chi connectivity index (χ0) is 21.1. The van der Waals surface area contributed by atoms with E-state index in [1.807, 2.05) is 4.57 Å². The van der Waals surface area contributed by atoms with Crippen molar-refractivity contribution in [1.29, 1.82) is 0 Å². The highest BCUT2D eigenvalue weighted by molar-refractivity contribution is 6.35. The topological polar surface area (TPSA) is 88.7 Å². The zero-order valence-corrected chi connectivity index (χ0v) is 17.1. The number of nitro groups is 1. The summed E-state index contributed by atoms with van der Waals surface area (Å²) in [7, 11) is 0. The number of ether oxygens (including phenoxy) is 3. The van der Waals surface area contributed by atoms with Crippen molar-refractivity contribution >= 4 is 28.9 Å². The first kappa shape index (κ1) is 20.6. The maximum absolute atomic E-state index is 11.2. The van der Waals surface area contributed by atoms with Crippen LogP contribution in [0, 0.1) is 10.1 Å². The highest BCUT2D eigenvalue weighted by Gasteiger charge is 2.45. The fraction of sp³-hybridized carbons (Fsp3) is 0.250. The molecule has 0 spiro atoms. The molecule has 0 aliphatic carbocycles. The Kier molecular flexibility index (Phi) is 5.92. The number of nitro benzene ring substituents is 1. The summed E-state index contributed by atoms with van der Waals surface area (Å²) in [6.45, 7) is 0.590. The molecule has 2 aromatic carbocycles. The van der Waals surface area contributed by atoms with Gasteiger partial charge in [-0.05, 0) is 18.2 Å². The number of hydrogen-bond acceptors (Lipinski definition) is 6. The molecule has 3 aromatic rings. The summed E-state index contributed by atoms with van der Waals surface area (Å²) in [5, 5.41) is 12.1. The quantitative estimate of drug-likeness (QED) is 0.391. The second-order valence-electron chi connectivity index (χ2n) is 6.70. The van der Waals surface area contributed by atoms with Crippen LogP contribution in [0.1, 0.15) is 5.56 Å². The average Bonchev–Trinajstić information content (AvgIpc) is 3.37. The van der Waals surface area contributed by atoms with Crippen molar-refractivity contribution in [3.63, 3.8) is 0 Å². The van der Waals surface area contributed by atoms with Crippen molar-refractivity contribution in [2.45, 2.75) is 18.4 Å². The molecule has 1 saturated heterocycles. The highest BCUT2D eigenvalue weighted by Crippen LogP contribution is 2.40. The van der Waals surface area contributed by atoms with Gasteiger partial charge in [0.25, 0.3) is 0 Å². The molecule has 10 heteroatoms. The predicted octanol–water partition coefficient (Wildman–Crippen LogP) is 4.45. The molecule has 4 rings (SSSR count). The van der Waals surface area contributed by atoms with Crippen LogP contribution in [0.2, 0.25) is 10.0 Å². The van der Waals surface area contributed by atoms with E-state index in [-0.39, 0.29) is 24.7 Å². The van der Waals surface area contributed by atoms with Crippen LogP contribution >= 0.6 is 23.2 Å². The molecular formula is C20H17Cl2N3O5. The second-order valence-corrected chi connectivity index (χ2v) is 7.54. The van der Waals surface area contributed by atoms with Gasteiger partial charge in [0.1, 0.15) is 12.7 Å². The van der Waals surface area contributed by atoms with Gasteiger partial charge in [-0.25, -0.2) is 4.98 Å². The SMILES string of the molecule is O=[N+]([O-])c1ccccc1OCC1COC(Cn2ccnc2)(c2ccc(Cl)cc2Cl)O1. The lowest BCUT2D eigenvalue weighted by molar-refractivity contribution is -0.385. The van der Waals surface area contributed by atoms with Crippen molar-refractivity contribution in [2.75, 3.05) is 13.2 Å². The molecule has 2 heterocycles. The van der Waals surface area contributed by atoms with E-state index in [4.69, 9.17) is 37.4 Å². The molecule has 1 aromatic heterocycles. The van der Waals surface area contributed by atoms with E-state index in [9.17, 15) is 10.1 Å². The minimum Gasteiger partial charge on any atom is -0.484 e. The Balaban J connectivity index is 1.56. The maximum atomic E-state index is 11.2. The number of nitrogens with zero attached hydrogens (tertiary/aromatic N) is 3. The highest BCUT2D eigenvalue weighted by atomic mass is 35.5. The van der Waals surface area contributed by atoms with Crippen LogP contribution in [0.4, 0.5) is 5.69 Å². The Bertz CT molecular complexity index is 1050. The summed E-state index contributed by atoms with van der Waals surface area (Å²) in [4.78, 5) is 14.8. The maximum Gasteiger partial charge on any atom is 0.310 e. The van der Waals surface area contributed by atoms with Gasteiger partial charge in [-0.1, -0.05) is 41.4 Å². The lowest BCUT2D eigenvalue weighted by atomic mass is 10.1. The standard InChI is InChI=1S/C20H17Cl2N3O5/c21-14-5-6-16(17(22)9-14)20(12-24-8-7-23-13-24)29-11-15(30-20)10-28-19-4-2-1-3-18(19)25(26)27/h1-9,13,15H,10-12H2. The Morgan fingerprint density at radius 3 is 2.87 bits per heavy atom. The smallest absolute Gasteiger partial charge is 0.310 e. The molecule has 0 N–H and O–H groups in total. The van der Waals surface area contributed by atoms with Crippen molar-refractivity contribution in [3.8, 4) is 5.75 Å². The van der Waals surface area contributed by atoms with E-state index in [0.29, 0.717) is 22.2 Å². The van der Waals surface area contributed by atoms with Gasteiger partial charge < -0.3 is 18.8 Å². The van der Waals surface area contributed by atoms with Gasteiger partial charge in [0.05, 0.1) is 29.4 Å². The van der Waals surface area contributed by atoms with Gasteiger partial charge in [0, 0.05) is 29.0 Å². The Labute approximate surface area is 182 Å². The first-order valence-electron chi connectivity index (χ1n) is 9.06. The molecule has 1 fully saturated rings. The second kappa shape index (κ2) is 8.61. The minimum atomic E-state index is -1.18. The van der Waals surface area contributed by atoms with Gasteiger partial charge in [-0.2, -0.15) is 0 Å². The van der Waals surface area contributed by atoms with Gasteiger partial charge in [0.15, 0.2) is 5.75 Å². The number of benzene rings is 2. The molecule has 2 atom stereocenters. The number of hydrogen-bond donors (Lipinski definition) is 0. The van der Waals surface area contributed by atoms with E-state index in [0.717, 1.165) is 0 Å². The molecule has 30 heavy (non-hydrogen) atoms. The molecule has 156 valence electrons. The average molecular weight is 450 g/mol. The molecule has 1 aliphatic heterocycles. The summed E-state index contributed by atoms with van der Waals surface area (Å²) in [6.07, 6.45) is 4.62. The van der Waals surface area contributed by atoms with Crippen LogP contribution in [0.5, 0.6) is 5.75 Å². The summed E-state index contributed by atoms with van der Waals surface area (Å²) in [5.41, 5.74) is 0.511. The van der Waals surface area contributed by atoms with Gasteiger partial charge >= 0.3 is 5.69 Å². The number of para-hydroxylation sites is 2. The lowest BCUT2D eigenvalue weighted by Gasteiger charge is -2.30. The van der Waals surface area contributed by atoms with E-state index in [1.54, 1.807) is 55.1 Å². The summed E-state index contributed by atoms with van der Waals surface area (Å²) >= 11 is 12.5. The molecule has 8 nitrogen and oxygen atoms in total. The van der Waals surface area contributed by atoms with Gasteiger partial charge in [0.2, 0.25) is 5.79 Å². The number of rotatable bonds is 7. The molecule has 1 aliphatic rings. The molecular weight excluding hydrogens is 433 g/mol. The summed E-state index contributed by atoms with van der Waals surface area (Å²) < 4.78 is 19.8. The Morgan fingerprint density at radius 2 is 2.13 bits per heavy atom. The fourth-order valence-corrected chi connectivity index (χ4v) is 3.84. The number of aromatic nitrogens is 2. The van der Waals surface area contributed by atoms with E-state index >= 15 is 0 Å². The van der Waals surface area contributed by atoms with Gasteiger partial charge in [-0.3, -0.25) is 10.1 Å². The molecule has 2 unspecified atom stereocenters. The van der Waals surface area contributed by atoms with Crippen LogP contribution in [-0.4, -0.2) is 33.8 Å². The third-order valence-electron chi connectivity index (χ3n) is 4.64. The van der Waals surface area contributed by atoms with Crippen molar-refractivity contribution in [3.05, 3.63) is 86.9 Å².